The number of hydrogen-bond donors (Lipinski definition) is 1. The van der Waals surface area contributed by atoms with E-state index in [2.05, 4.69) is 5.32 Å². The molecule has 18 heavy (non-hydrogen) atoms. The number of aryl methyl sites for hydroxylation is 1. The van der Waals surface area contributed by atoms with E-state index < -0.39 is 10.0 Å². The van der Waals surface area contributed by atoms with Crippen LogP contribution < -0.4 is 5.32 Å². The molecule has 1 N–H and O–H groups in total. The lowest BCUT2D eigenvalue weighted by Gasteiger charge is -2.17. The highest BCUT2D eigenvalue weighted by atomic mass is 32.2. The van der Waals surface area contributed by atoms with Crippen LogP contribution >= 0.6 is 0 Å². The SMILES string of the molecule is CNCCN(C)S(=O)(=O)c1ccc(C#N)c(C)c1. The smallest absolute Gasteiger partial charge is 0.242 e. The van der Waals surface area contributed by atoms with Gasteiger partial charge in [0.05, 0.1) is 16.5 Å². The second-order valence-corrected chi connectivity index (χ2v) is 6.06. The van der Waals surface area contributed by atoms with Crippen LogP contribution in [0.2, 0.25) is 0 Å². The maximum atomic E-state index is 12.2. The van der Waals surface area contributed by atoms with Gasteiger partial charge in [0.1, 0.15) is 0 Å². The molecule has 0 radical (unpaired) electrons. The Kier molecular flexibility index (Phi) is 4.84. The van der Waals surface area contributed by atoms with E-state index >= 15 is 0 Å². The molecule has 0 atom stereocenters. The van der Waals surface area contributed by atoms with Gasteiger partial charge < -0.3 is 5.32 Å². The summed E-state index contributed by atoms with van der Waals surface area (Å²) in [5.74, 6) is 0. The Bertz CT molecular complexity index is 561. The molecule has 0 fully saturated rings. The predicted octanol–water partition coefficient (Wildman–Crippen LogP) is 0.707. The summed E-state index contributed by atoms with van der Waals surface area (Å²) < 4.78 is 25.7. The Hall–Kier alpha value is -1.42. The first-order chi connectivity index (χ1) is 8.43. The van der Waals surface area contributed by atoms with Crippen molar-refractivity contribution in [3.63, 3.8) is 0 Å². The van der Waals surface area contributed by atoms with Crippen molar-refractivity contribution in [1.82, 2.24) is 9.62 Å². The quantitative estimate of drug-likeness (QED) is 0.852. The Morgan fingerprint density at radius 3 is 2.61 bits per heavy atom. The van der Waals surface area contributed by atoms with Gasteiger partial charge in [-0.2, -0.15) is 9.57 Å². The molecule has 0 saturated carbocycles. The minimum absolute atomic E-state index is 0.220. The van der Waals surface area contributed by atoms with Gasteiger partial charge in [-0.1, -0.05) is 0 Å². The molecule has 0 spiro atoms. The van der Waals surface area contributed by atoms with E-state index in [1.54, 1.807) is 21.0 Å². The molecule has 0 heterocycles. The largest absolute Gasteiger partial charge is 0.318 e. The summed E-state index contributed by atoms with van der Waals surface area (Å²) >= 11 is 0. The number of hydrogen-bond acceptors (Lipinski definition) is 4. The minimum atomic E-state index is -3.47. The molecule has 98 valence electrons. The average Bonchev–Trinajstić information content (AvgIpc) is 2.35. The summed E-state index contributed by atoms with van der Waals surface area (Å²) in [6.07, 6.45) is 0. The van der Waals surface area contributed by atoms with Gasteiger partial charge in [0.25, 0.3) is 0 Å². The van der Waals surface area contributed by atoms with Crippen LogP contribution in [0.1, 0.15) is 11.1 Å². The highest BCUT2D eigenvalue weighted by Crippen LogP contribution is 2.17. The summed E-state index contributed by atoms with van der Waals surface area (Å²) in [4.78, 5) is 0.220. The van der Waals surface area contributed by atoms with Gasteiger partial charge in [-0.25, -0.2) is 8.42 Å². The fourth-order valence-corrected chi connectivity index (χ4v) is 2.75. The number of likely N-dealkylation sites (N-methyl/N-ethyl adjacent to an activating group) is 2. The topological polar surface area (TPSA) is 73.2 Å². The van der Waals surface area contributed by atoms with Crippen molar-refractivity contribution < 1.29 is 8.42 Å². The van der Waals surface area contributed by atoms with Crippen molar-refractivity contribution in [2.75, 3.05) is 27.2 Å². The monoisotopic (exact) mass is 267 g/mol. The fraction of sp³-hybridized carbons (Fsp3) is 0.417. The van der Waals surface area contributed by atoms with Gasteiger partial charge >= 0.3 is 0 Å². The third kappa shape index (κ3) is 3.07. The second-order valence-electron chi connectivity index (χ2n) is 4.02. The van der Waals surface area contributed by atoms with Crippen LogP contribution in [-0.4, -0.2) is 39.9 Å². The molecule has 0 aromatic heterocycles. The summed E-state index contributed by atoms with van der Waals surface area (Å²) in [6.45, 7) is 2.72. The lowest BCUT2D eigenvalue weighted by Crippen LogP contribution is -2.32. The van der Waals surface area contributed by atoms with Crippen molar-refractivity contribution in [1.29, 1.82) is 5.26 Å². The highest BCUT2D eigenvalue weighted by molar-refractivity contribution is 7.89. The number of nitrogens with one attached hydrogen (secondary N) is 1. The molecule has 5 nitrogen and oxygen atoms in total. The molecule has 0 unspecified atom stereocenters. The number of nitriles is 1. The first kappa shape index (κ1) is 14.6. The van der Waals surface area contributed by atoms with E-state index in [1.165, 1.54) is 22.5 Å². The summed E-state index contributed by atoms with van der Waals surface area (Å²) in [5.41, 5.74) is 1.16. The molecule has 0 aliphatic heterocycles. The molecule has 6 heteroatoms. The first-order valence-electron chi connectivity index (χ1n) is 5.55. The van der Waals surface area contributed by atoms with Gasteiger partial charge in [-0.15, -0.1) is 0 Å². The van der Waals surface area contributed by atoms with E-state index in [0.717, 1.165) is 0 Å². The van der Waals surface area contributed by atoms with E-state index in [1.807, 2.05) is 6.07 Å². The molecule has 1 rings (SSSR count). The maximum Gasteiger partial charge on any atom is 0.242 e. The molecular formula is C12H17N3O2S. The molecule has 0 aliphatic carbocycles. The molecule has 0 aliphatic rings. The first-order valence-corrected chi connectivity index (χ1v) is 6.99. The van der Waals surface area contributed by atoms with Gasteiger partial charge in [-0.3, -0.25) is 0 Å². The Morgan fingerprint density at radius 2 is 2.11 bits per heavy atom. The van der Waals surface area contributed by atoms with Crippen LogP contribution in [0, 0.1) is 18.3 Å². The van der Waals surface area contributed by atoms with Crippen LogP contribution in [0.15, 0.2) is 23.1 Å². The van der Waals surface area contributed by atoms with Gasteiger partial charge in [0.15, 0.2) is 0 Å². The summed E-state index contributed by atoms with van der Waals surface area (Å²) in [7, 11) is -0.163. The predicted molar refractivity (Wildman–Crippen MR) is 69.6 cm³/mol. The van der Waals surface area contributed by atoms with Crippen molar-refractivity contribution in [3.8, 4) is 6.07 Å². The molecule has 1 aromatic carbocycles. The van der Waals surface area contributed by atoms with E-state index in [9.17, 15) is 8.42 Å². The van der Waals surface area contributed by atoms with Crippen LogP contribution in [-0.2, 0) is 10.0 Å². The van der Waals surface area contributed by atoms with E-state index in [-0.39, 0.29) is 4.90 Å². The van der Waals surface area contributed by atoms with Crippen LogP contribution in [0.5, 0.6) is 0 Å². The van der Waals surface area contributed by atoms with Crippen LogP contribution in [0.4, 0.5) is 0 Å². The summed E-state index contributed by atoms with van der Waals surface area (Å²) in [5, 5.41) is 11.7. The van der Waals surface area contributed by atoms with Crippen molar-refractivity contribution in [2.45, 2.75) is 11.8 Å². The number of benzene rings is 1. The van der Waals surface area contributed by atoms with Crippen molar-refractivity contribution in [2.24, 2.45) is 0 Å². The Balaban J connectivity index is 3.06. The fourth-order valence-electron chi connectivity index (χ4n) is 1.49. The zero-order valence-electron chi connectivity index (χ0n) is 10.8. The zero-order chi connectivity index (χ0) is 13.8. The van der Waals surface area contributed by atoms with Crippen LogP contribution in [0.3, 0.4) is 0 Å². The molecule has 1 aromatic rings. The zero-order valence-corrected chi connectivity index (χ0v) is 11.6. The van der Waals surface area contributed by atoms with Gasteiger partial charge in [-0.05, 0) is 37.7 Å². The third-order valence-electron chi connectivity index (χ3n) is 2.70. The van der Waals surface area contributed by atoms with Gasteiger partial charge in [0.2, 0.25) is 10.0 Å². The standard InChI is InChI=1S/C12H17N3O2S/c1-10-8-12(5-4-11(10)9-13)18(16,17)15(3)7-6-14-2/h4-5,8,14H,6-7H2,1-3H3. The molecular weight excluding hydrogens is 250 g/mol. The molecule has 0 bridgehead atoms. The molecule has 0 amide bonds. The average molecular weight is 267 g/mol. The highest BCUT2D eigenvalue weighted by Gasteiger charge is 2.20. The van der Waals surface area contributed by atoms with Crippen LogP contribution in [0.25, 0.3) is 0 Å². The lowest BCUT2D eigenvalue weighted by atomic mass is 10.1. The van der Waals surface area contributed by atoms with E-state index in [0.29, 0.717) is 24.2 Å². The molecule has 0 saturated heterocycles. The van der Waals surface area contributed by atoms with Crippen molar-refractivity contribution in [3.05, 3.63) is 29.3 Å². The van der Waals surface area contributed by atoms with E-state index in [4.69, 9.17) is 5.26 Å². The maximum absolute atomic E-state index is 12.2. The minimum Gasteiger partial charge on any atom is -0.318 e. The summed E-state index contributed by atoms with van der Waals surface area (Å²) in [6, 6.07) is 6.56. The lowest BCUT2D eigenvalue weighted by molar-refractivity contribution is 0.466. The number of sulfonamides is 1. The number of rotatable bonds is 5. The number of nitrogens with zero attached hydrogens (tertiary/aromatic N) is 2. The Labute approximate surface area is 108 Å². The van der Waals surface area contributed by atoms with Crippen molar-refractivity contribution >= 4 is 10.0 Å². The normalized spacial score (nSPS) is 11.5. The van der Waals surface area contributed by atoms with Gasteiger partial charge in [0, 0.05) is 20.1 Å². The third-order valence-corrected chi connectivity index (χ3v) is 4.56. The second kappa shape index (κ2) is 5.96. The Morgan fingerprint density at radius 1 is 1.44 bits per heavy atom.